The number of anilines is 1. The maximum atomic E-state index is 13.3. The zero-order chi connectivity index (χ0) is 27.1. The standard InChI is InChI=1S/C29H29N7O3/c1-18(2)36-25-13-21(6-7-22(25)16-31-36)27-32-28(39-33-27)20-8-10-34(11-9-20)29(38)23-14-26(37)35(17-23)24-5-3-4-19(12-24)15-30/h3-7,12-13,16,18,20,23H,8-11,14,17H2,1-2H3/t23-/m0/s1. The monoisotopic (exact) mass is 523 g/mol. The van der Waals surface area contributed by atoms with Crippen LogP contribution in [0.15, 0.2) is 53.2 Å². The van der Waals surface area contributed by atoms with Gasteiger partial charge in [0.15, 0.2) is 0 Å². The average molecular weight is 524 g/mol. The van der Waals surface area contributed by atoms with Crippen molar-refractivity contribution in [1.29, 1.82) is 5.26 Å². The van der Waals surface area contributed by atoms with Gasteiger partial charge in [-0.3, -0.25) is 14.3 Å². The summed E-state index contributed by atoms with van der Waals surface area (Å²) in [5.74, 6) is 0.745. The number of benzene rings is 2. The summed E-state index contributed by atoms with van der Waals surface area (Å²) < 4.78 is 7.64. The van der Waals surface area contributed by atoms with Crippen LogP contribution in [0.5, 0.6) is 0 Å². The SMILES string of the molecule is CC(C)n1ncc2ccc(-c3noc(C4CCN(C(=O)[C@H]5CC(=O)N(c6cccc(C#N)c6)C5)CC4)n3)cc21. The molecule has 0 aliphatic carbocycles. The van der Waals surface area contributed by atoms with Gasteiger partial charge in [-0.2, -0.15) is 15.3 Å². The molecule has 10 heteroatoms. The number of hydrogen-bond acceptors (Lipinski definition) is 7. The van der Waals surface area contributed by atoms with Crippen molar-refractivity contribution in [1.82, 2.24) is 24.8 Å². The molecular formula is C29H29N7O3. The van der Waals surface area contributed by atoms with E-state index in [1.807, 2.05) is 34.0 Å². The third kappa shape index (κ3) is 4.65. The number of hydrogen-bond donors (Lipinski definition) is 0. The largest absolute Gasteiger partial charge is 0.342 e. The molecule has 2 aliphatic heterocycles. The van der Waals surface area contributed by atoms with Crippen LogP contribution in [0.4, 0.5) is 5.69 Å². The van der Waals surface area contributed by atoms with Gasteiger partial charge in [-0.1, -0.05) is 23.4 Å². The van der Waals surface area contributed by atoms with Gasteiger partial charge in [0, 0.05) is 54.7 Å². The summed E-state index contributed by atoms with van der Waals surface area (Å²) in [4.78, 5) is 34.1. The maximum Gasteiger partial charge on any atom is 0.230 e. The molecule has 4 aromatic rings. The van der Waals surface area contributed by atoms with Crippen LogP contribution >= 0.6 is 0 Å². The Kier molecular flexibility index (Phi) is 6.35. The highest BCUT2D eigenvalue weighted by molar-refractivity contribution is 6.00. The Hall–Kier alpha value is -4.52. The lowest BCUT2D eigenvalue weighted by atomic mass is 9.95. The fraction of sp³-hybridized carbons (Fsp3) is 0.379. The summed E-state index contributed by atoms with van der Waals surface area (Å²) in [6, 6.07) is 15.3. The lowest BCUT2D eigenvalue weighted by Gasteiger charge is -2.32. The average Bonchev–Trinajstić information content (AvgIpc) is 3.71. The number of carbonyl (C=O) groups excluding carboxylic acids is 2. The molecule has 198 valence electrons. The molecule has 0 spiro atoms. The quantitative estimate of drug-likeness (QED) is 0.382. The van der Waals surface area contributed by atoms with Gasteiger partial charge in [-0.15, -0.1) is 0 Å². The van der Waals surface area contributed by atoms with Gasteiger partial charge >= 0.3 is 0 Å². The van der Waals surface area contributed by atoms with Gasteiger partial charge in [-0.05, 0) is 51.0 Å². The summed E-state index contributed by atoms with van der Waals surface area (Å²) in [5.41, 5.74) is 3.06. The first-order valence-electron chi connectivity index (χ1n) is 13.3. The Morgan fingerprint density at radius 1 is 1.15 bits per heavy atom. The second-order valence-corrected chi connectivity index (χ2v) is 10.6. The molecule has 0 unspecified atom stereocenters. The van der Waals surface area contributed by atoms with Crippen molar-refractivity contribution in [2.75, 3.05) is 24.5 Å². The lowest BCUT2D eigenvalue weighted by Crippen LogP contribution is -2.42. The normalized spacial score (nSPS) is 18.3. The van der Waals surface area contributed by atoms with E-state index in [-0.39, 0.29) is 36.1 Å². The van der Waals surface area contributed by atoms with Crippen molar-refractivity contribution >= 4 is 28.4 Å². The minimum Gasteiger partial charge on any atom is -0.342 e. The van der Waals surface area contributed by atoms with Crippen molar-refractivity contribution in [2.45, 2.75) is 45.1 Å². The minimum atomic E-state index is -0.385. The van der Waals surface area contributed by atoms with Crippen molar-refractivity contribution in [3.8, 4) is 17.5 Å². The number of nitriles is 1. The highest BCUT2D eigenvalue weighted by Gasteiger charge is 2.38. The first-order valence-corrected chi connectivity index (χ1v) is 13.3. The predicted molar refractivity (Wildman–Crippen MR) is 144 cm³/mol. The molecule has 0 bridgehead atoms. The smallest absolute Gasteiger partial charge is 0.230 e. The molecule has 2 aromatic carbocycles. The Bertz CT molecular complexity index is 1590. The number of nitrogens with zero attached hydrogens (tertiary/aromatic N) is 7. The number of piperidine rings is 1. The van der Waals surface area contributed by atoms with E-state index in [4.69, 9.17) is 14.8 Å². The second-order valence-electron chi connectivity index (χ2n) is 10.6. The van der Waals surface area contributed by atoms with Gasteiger partial charge in [-0.25, -0.2) is 0 Å². The fourth-order valence-electron chi connectivity index (χ4n) is 5.58. The molecule has 0 saturated carbocycles. The van der Waals surface area contributed by atoms with E-state index in [2.05, 4.69) is 30.2 Å². The minimum absolute atomic E-state index is 0.00187. The summed E-state index contributed by atoms with van der Waals surface area (Å²) in [6.07, 6.45) is 3.49. The molecule has 2 fully saturated rings. The van der Waals surface area contributed by atoms with Crippen LogP contribution < -0.4 is 4.90 Å². The Balaban J connectivity index is 1.09. The molecular weight excluding hydrogens is 494 g/mol. The van der Waals surface area contributed by atoms with E-state index in [0.29, 0.717) is 42.6 Å². The van der Waals surface area contributed by atoms with Crippen LogP contribution in [0, 0.1) is 17.2 Å². The molecule has 6 rings (SSSR count). The zero-order valence-corrected chi connectivity index (χ0v) is 21.9. The third-order valence-electron chi connectivity index (χ3n) is 7.70. The number of fused-ring (bicyclic) bond motifs is 1. The Labute approximate surface area is 225 Å². The molecule has 4 heterocycles. The van der Waals surface area contributed by atoms with Gasteiger partial charge in [0.2, 0.25) is 23.5 Å². The van der Waals surface area contributed by atoms with Crippen LogP contribution in [0.1, 0.15) is 56.5 Å². The Morgan fingerprint density at radius 2 is 1.97 bits per heavy atom. The predicted octanol–water partition coefficient (Wildman–Crippen LogP) is 4.30. The zero-order valence-electron chi connectivity index (χ0n) is 21.9. The van der Waals surface area contributed by atoms with Gasteiger partial charge in [0.25, 0.3) is 0 Å². The molecule has 39 heavy (non-hydrogen) atoms. The Morgan fingerprint density at radius 3 is 2.74 bits per heavy atom. The highest BCUT2D eigenvalue weighted by atomic mass is 16.5. The maximum absolute atomic E-state index is 13.3. The summed E-state index contributed by atoms with van der Waals surface area (Å²) in [7, 11) is 0. The van der Waals surface area contributed by atoms with E-state index in [1.165, 1.54) is 0 Å². The number of aromatic nitrogens is 4. The molecule has 0 N–H and O–H groups in total. The number of amides is 2. The molecule has 0 radical (unpaired) electrons. The first kappa shape index (κ1) is 24.8. The van der Waals surface area contributed by atoms with Gasteiger partial charge < -0.3 is 14.3 Å². The lowest BCUT2D eigenvalue weighted by molar-refractivity contribution is -0.136. The first-order chi connectivity index (χ1) is 18.9. The van der Waals surface area contributed by atoms with E-state index in [1.54, 1.807) is 29.2 Å². The van der Waals surface area contributed by atoms with Crippen molar-refractivity contribution in [3.63, 3.8) is 0 Å². The second kappa shape index (κ2) is 9.98. The molecule has 1 atom stereocenters. The summed E-state index contributed by atoms with van der Waals surface area (Å²) in [6.45, 7) is 5.68. The molecule has 2 amide bonds. The van der Waals surface area contributed by atoms with Crippen LogP contribution in [0.25, 0.3) is 22.3 Å². The number of likely N-dealkylation sites (tertiary alicyclic amines) is 1. The van der Waals surface area contributed by atoms with Crippen LogP contribution in [-0.2, 0) is 9.59 Å². The molecule has 2 aliphatic rings. The van der Waals surface area contributed by atoms with E-state index in [0.717, 1.165) is 29.3 Å². The summed E-state index contributed by atoms with van der Waals surface area (Å²) >= 11 is 0. The summed E-state index contributed by atoms with van der Waals surface area (Å²) in [5, 5.41) is 19.0. The number of rotatable bonds is 5. The van der Waals surface area contributed by atoms with Gasteiger partial charge in [0.05, 0.1) is 29.3 Å². The molecule has 2 saturated heterocycles. The topological polar surface area (TPSA) is 121 Å². The van der Waals surface area contributed by atoms with Crippen molar-refractivity contribution in [3.05, 3.63) is 60.1 Å². The molecule has 2 aromatic heterocycles. The number of carbonyl (C=O) groups is 2. The van der Waals surface area contributed by atoms with E-state index in [9.17, 15) is 9.59 Å². The van der Waals surface area contributed by atoms with Crippen molar-refractivity contribution in [2.24, 2.45) is 5.92 Å². The molecule has 10 nitrogen and oxygen atoms in total. The fourth-order valence-corrected chi connectivity index (χ4v) is 5.58. The van der Waals surface area contributed by atoms with Crippen molar-refractivity contribution < 1.29 is 14.1 Å². The van der Waals surface area contributed by atoms with Crippen LogP contribution in [0.3, 0.4) is 0 Å². The van der Waals surface area contributed by atoms with E-state index < -0.39 is 0 Å². The highest BCUT2D eigenvalue weighted by Crippen LogP contribution is 2.32. The van der Waals surface area contributed by atoms with E-state index >= 15 is 0 Å². The van der Waals surface area contributed by atoms with Crippen LogP contribution in [0.2, 0.25) is 0 Å². The third-order valence-corrected chi connectivity index (χ3v) is 7.70. The van der Waals surface area contributed by atoms with Gasteiger partial charge in [0.1, 0.15) is 0 Å². The van der Waals surface area contributed by atoms with Crippen LogP contribution in [-0.4, -0.2) is 56.3 Å².